The van der Waals surface area contributed by atoms with Gasteiger partial charge < -0.3 is 5.32 Å². The average Bonchev–Trinajstić information content (AvgIpc) is 3.10. The van der Waals surface area contributed by atoms with E-state index in [-0.39, 0.29) is 16.4 Å². The molecule has 1 aromatic heterocycles. The summed E-state index contributed by atoms with van der Waals surface area (Å²) in [4.78, 5) is 26.7. The molecular formula is C17H12N4O3S2. The van der Waals surface area contributed by atoms with Crippen molar-refractivity contribution in [1.82, 2.24) is 10.3 Å². The van der Waals surface area contributed by atoms with Crippen molar-refractivity contribution in [2.45, 2.75) is 0 Å². The first-order valence-electron chi connectivity index (χ1n) is 7.40. The number of nitro groups is 1. The Morgan fingerprint density at radius 3 is 2.46 bits per heavy atom. The van der Waals surface area contributed by atoms with Gasteiger partial charge in [0.15, 0.2) is 10.2 Å². The lowest BCUT2D eigenvalue weighted by Crippen LogP contribution is -2.34. The fourth-order valence-corrected chi connectivity index (χ4v) is 3.09. The second-order valence-corrected chi connectivity index (χ2v) is 6.38. The van der Waals surface area contributed by atoms with Crippen LogP contribution in [0.3, 0.4) is 0 Å². The summed E-state index contributed by atoms with van der Waals surface area (Å²) < 4.78 is 0. The van der Waals surface area contributed by atoms with E-state index in [4.69, 9.17) is 12.2 Å². The number of amides is 1. The lowest BCUT2D eigenvalue weighted by Gasteiger charge is -2.07. The van der Waals surface area contributed by atoms with Gasteiger partial charge in [0.25, 0.3) is 11.6 Å². The quantitative estimate of drug-likeness (QED) is 0.403. The maximum atomic E-state index is 12.1. The molecule has 0 spiro atoms. The molecule has 26 heavy (non-hydrogen) atoms. The number of nitrogens with zero attached hydrogens (tertiary/aromatic N) is 2. The molecule has 9 heteroatoms. The Balaban J connectivity index is 1.61. The molecule has 3 rings (SSSR count). The van der Waals surface area contributed by atoms with Gasteiger partial charge >= 0.3 is 0 Å². The number of hydrogen-bond acceptors (Lipinski definition) is 6. The van der Waals surface area contributed by atoms with Crippen molar-refractivity contribution in [3.8, 4) is 11.3 Å². The van der Waals surface area contributed by atoms with E-state index < -0.39 is 10.8 Å². The van der Waals surface area contributed by atoms with Crippen LogP contribution < -0.4 is 10.6 Å². The monoisotopic (exact) mass is 384 g/mol. The van der Waals surface area contributed by atoms with Gasteiger partial charge in [-0.2, -0.15) is 0 Å². The summed E-state index contributed by atoms with van der Waals surface area (Å²) in [5.41, 5.74) is 1.97. The third-order valence-corrected chi connectivity index (χ3v) is 4.32. The number of thiocarbonyl (C=S) groups is 1. The minimum atomic E-state index is -0.527. The zero-order chi connectivity index (χ0) is 18.5. The van der Waals surface area contributed by atoms with E-state index in [9.17, 15) is 14.9 Å². The molecule has 7 nitrogen and oxygen atoms in total. The van der Waals surface area contributed by atoms with E-state index in [0.29, 0.717) is 5.13 Å². The van der Waals surface area contributed by atoms with Crippen LogP contribution in [0.15, 0.2) is 60.0 Å². The summed E-state index contributed by atoms with van der Waals surface area (Å²) in [5.74, 6) is -0.461. The minimum absolute atomic E-state index is 0.0847. The Bertz CT molecular complexity index is 956. The van der Waals surface area contributed by atoms with Crippen molar-refractivity contribution >= 4 is 45.4 Å². The van der Waals surface area contributed by atoms with Crippen LogP contribution in [0.4, 0.5) is 10.8 Å². The van der Waals surface area contributed by atoms with E-state index in [0.717, 1.165) is 11.3 Å². The number of nitro benzene ring substituents is 1. The Hall–Kier alpha value is -3.17. The maximum absolute atomic E-state index is 12.1. The van der Waals surface area contributed by atoms with Crippen molar-refractivity contribution < 1.29 is 9.72 Å². The van der Waals surface area contributed by atoms with Gasteiger partial charge in [0, 0.05) is 28.6 Å². The number of carbonyl (C=O) groups is 1. The number of nitrogens with one attached hydrogen (secondary N) is 2. The minimum Gasteiger partial charge on any atom is -0.308 e. The number of thiazole rings is 1. The molecule has 0 saturated heterocycles. The van der Waals surface area contributed by atoms with Gasteiger partial charge in [-0.05, 0) is 24.4 Å². The predicted octanol–water partition coefficient (Wildman–Crippen LogP) is 3.85. The zero-order valence-corrected chi connectivity index (χ0v) is 14.8. The van der Waals surface area contributed by atoms with E-state index in [1.54, 1.807) is 0 Å². The van der Waals surface area contributed by atoms with Gasteiger partial charge in [-0.25, -0.2) is 4.98 Å². The molecule has 0 unspecified atom stereocenters. The summed E-state index contributed by atoms with van der Waals surface area (Å²) in [6.07, 6.45) is 0. The van der Waals surface area contributed by atoms with Gasteiger partial charge in [-0.15, -0.1) is 11.3 Å². The first-order valence-corrected chi connectivity index (χ1v) is 8.69. The molecule has 0 atom stereocenters. The normalized spacial score (nSPS) is 10.2. The van der Waals surface area contributed by atoms with Crippen LogP contribution in [0.1, 0.15) is 10.4 Å². The maximum Gasteiger partial charge on any atom is 0.269 e. The lowest BCUT2D eigenvalue weighted by molar-refractivity contribution is -0.384. The number of benzene rings is 2. The molecule has 130 valence electrons. The van der Waals surface area contributed by atoms with E-state index in [2.05, 4.69) is 15.6 Å². The fraction of sp³-hybridized carbons (Fsp3) is 0. The summed E-state index contributed by atoms with van der Waals surface area (Å²) in [6, 6.07) is 14.9. The summed E-state index contributed by atoms with van der Waals surface area (Å²) in [6.45, 7) is 0. The van der Waals surface area contributed by atoms with Gasteiger partial charge in [0.2, 0.25) is 0 Å². The number of rotatable bonds is 4. The van der Waals surface area contributed by atoms with Gasteiger partial charge in [-0.3, -0.25) is 20.2 Å². The van der Waals surface area contributed by atoms with Crippen LogP contribution in [-0.2, 0) is 0 Å². The van der Waals surface area contributed by atoms with Crippen LogP contribution in [0.5, 0.6) is 0 Å². The van der Waals surface area contributed by atoms with Gasteiger partial charge in [-0.1, -0.05) is 30.3 Å². The van der Waals surface area contributed by atoms with Crippen molar-refractivity contribution in [3.05, 3.63) is 75.7 Å². The highest BCUT2D eigenvalue weighted by molar-refractivity contribution is 7.80. The van der Waals surface area contributed by atoms with Gasteiger partial charge in [0.1, 0.15) is 0 Å². The Morgan fingerprint density at radius 1 is 1.12 bits per heavy atom. The topological polar surface area (TPSA) is 97.2 Å². The van der Waals surface area contributed by atoms with Crippen LogP contribution in [-0.4, -0.2) is 20.9 Å². The number of aromatic nitrogens is 1. The molecule has 1 heterocycles. The van der Waals surface area contributed by atoms with Crippen molar-refractivity contribution in [3.63, 3.8) is 0 Å². The lowest BCUT2D eigenvalue weighted by atomic mass is 10.2. The second kappa shape index (κ2) is 7.81. The number of anilines is 1. The molecule has 0 aliphatic carbocycles. The number of hydrogen-bond donors (Lipinski definition) is 2. The standard InChI is InChI=1S/C17H12N4O3S2/c22-15(12-6-8-13(9-7-12)21(23)24)19-16(25)20-17-18-14(10-26-17)11-4-2-1-3-5-11/h1-10H,(H2,18,19,20,22,25). The fourth-order valence-electron chi connectivity index (χ4n) is 2.11. The Morgan fingerprint density at radius 2 is 1.81 bits per heavy atom. The van der Waals surface area contributed by atoms with Crippen molar-refractivity contribution in [2.24, 2.45) is 0 Å². The van der Waals surface area contributed by atoms with Crippen LogP contribution >= 0.6 is 23.6 Å². The van der Waals surface area contributed by atoms with Gasteiger partial charge in [0.05, 0.1) is 10.6 Å². The first-order chi connectivity index (χ1) is 12.5. The van der Waals surface area contributed by atoms with Crippen molar-refractivity contribution in [1.29, 1.82) is 0 Å². The van der Waals surface area contributed by atoms with Crippen LogP contribution in [0.2, 0.25) is 0 Å². The molecule has 0 fully saturated rings. The molecule has 3 aromatic rings. The van der Waals surface area contributed by atoms with E-state index >= 15 is 0 Å². The van der Waals surface area contributed by atoms with E-state index in [1.165, 1.54) is 35.6 Å². The molecule has 0 bridgehead atoms. The van der Waals surface area contributed by atoms with Crippen molar-refractivity contribution in [2.75, 3.05) is 5.32 Å². The van der Waals surface area contributed by atoms with E-state index in [1.807, 2.05) is 35.7 Å². The molecule has 0 aliphatic heterocycles. The third kappa shape index (κ3) is 4.26. The molecule has 0 saturated carbocycles. The molecule has 1 amide bonds. The first kappa shape index (κ1) is 17.6. The SMILES string of the molecule is O=C(NC(=S)Nc1nc(-c2ccccc2)cs1)c1ccc([N+](=O)[O-])cc1. The molecule has 2 N–H and O–H groups in total. The highest BCUT2D eigenvalue weighted by Crippen LogP contribution is 2.24. The smallest absolute Gasteiger partial charge is 0.269 e. The zero-order valence-electron chi connectivity index (χ0n) is 13.2. The summed E-state index contributed by atoms with van der Waals surface area (Å²) >= 11 is 6.49. The van der Waals surface area contributed by atoms with Crippen LogP contribution in [0.25, 0.3) is 11.3 Å². The predicted molar refractivity (Wildman–Crippen MR) is 104 cm³/mol. The summed E-state index contributed by atoms with van der Waals surface area (Å²) in [7, 11) is 0. The summed E-state index contributed by atoms with van der Waals surface area (Å²) in [5, 5.41) is 18.6. The third-order valence-electron chi connectivity index (χ3n) is 3.36. The second-order valence-electron chi connectivity index (χ2n) is 5.12. The Labute approximate surface area is 157 Å². The molecular weight excluding hydrogens is 372 g/mol. The average molecular weight is 384 g/mol. The highest BCUT2D eigenvalue weighted by atomic mass is 32.1. The largest absolute Gasteiger partial charge is 0.308 e. The molecule has 0 aliphatic rings. The number of carbonyl (C=O) groups excluding carboxylic acids is 1. The molecule has 0 radical (unpaired) electrons. The van der Waals surface area contributed by atoms with Crippen LogP contribution in [0, 0.1) is 10.1 Å². The Kier molecular flexibility index (Phi) is 5.30. The molecule has 2 aromatic carbocycles. The number of non-ortho nitro benzene ring substituents is 1. The highest BCUT2D eigenvalue weighted by Gasteiger charge is 2.12.